The number of amides is 1. The molecule has 16 heavy (non-hydrogen) atoms. The van der Waals surface area contributed by atoms with E-state index in [0.717, 1.165) is 32.5 Å². The molecule has 5 heteroatoms. The van der Waals surface area contributed by atoms with Gasteiger partial charge in [-0.25, -0.2) is 0 Å². The van der Waals surface area contributed by atoms with Gasteiger partial charge < -0.3 is 16.0 Å². The molecule has 3 N–H and O–H groups in total. The zero-order valence-electron chi connectivity index (χ0n) is 9.50. The molecule has 90 valence electrons. The summed E-state index contributed by atoms with van der Waals surface area (Å²) in [5, 5.41) is 2.95. The fraction of sp³-hybridized carbons (Fsp3) is 0.818. The number of thiocarbonyl (C=S) groups is 1. The van der Waals surface area contributed by atoms with Gasteiger partial charge in [0.1, 0.15) is 0 Å². The summed E-state index contributed by atoms with van der Waals surface area (Å²) in [6, 6.07) is 0. The number of nitrogens with zero attached hydrogens (tertiary/aromatic N) is 1. The van der Waals surface area contributed by atoms with Crippen molar-refractivity contribution < 1.29 is 4.79 Å². The highest BCUT2D eigenvalue weighted by Gasteiger charge is 2.52. The first-order valence-electron chi connectivity index (χ1n) is 5.96. The SMILES string of the molecule is NC(=S)C1(C(=O)NCCN2CCCC2)CC1. The highest BCUT2D eigenvalue weighted by atomic mass is 32.1. The Bertz CT molecular complexity index is 296. The van der Waals surface area contributed by atoms with Crippen LogP contribution in [0.3, 0.4) is 0 Å². The second kappa shape index (κ2) is 4.67. The molecule has 0 atom stereocenters. The molecule has 2 aliphatic rings. The zero-order valence-corrected chi connectivity index (χ0v) is 10.3. The Kier molecular flexibility index (Phi) is 3.44. The molecule has 0 aromatic carbocycles. The fourth-order valence-electron chi connectivity index (χ4n) is 2.21. The molecule has 0 spiro atoms. The van der Waals surface area contributed by atoms with Gasteiger partial charge in [-0.3, -0.25) is 4.79 Å². The molecule has 2 rings (SSSR count). The van der Waals surface area contributed by atoms with E-state index < -0.39 is 5.41 Å². The Hall–Kier alpha value is -0.680. The van der Waals surface area contributed by atoms with Gasteiger partial charge in [0, 0.05) is 13.1 Å². The second-order valence-corrected chi connectivity index (χ2v) is 5.19. The van der Waals surface area contributed by atoms with E-state index in [1.807, 2.05) is 0 Å². The van der Waals surface area contributed by atoms with E-state index in [4.69, 9.17) is 18.0 Å². The first-order valence-corrected chi connectivity index (χ1v) is 6.36. The fourth-order valence-corrected chi connectivity index (χ4v) is 2.51. The Morgan fingerprint density at radius 2 is 2.00 bits per heavy atom. The van der Waals surface area contributed by atoms with Crippen LogP contribution in [-0.2, 0) is 4.79 Å². The van der Waals surface area contributed by atoms with Crippen molar-refractivity contribution in [3.05, 3.63) is 0 Å². The van der Waals surface area contributed by atoms with Gasteiger partial charge in [-0.15, -0.1) is 0 Å². The van der Waals surface area contributed by atoms with Crippen molar-refractivity contribution >= 4 is 23.1 Å². The monoisotopic (exact) mass is 241 g/mol. The van der Waals surface area contributed by atoms with E-state index in [2.05, 4.69) is 10.2 Å². The molecule has 2 fully saturated rings. The van der Waals surface area contributed by atoms with E-state index in [-0.39, 0.29) is 5.91 Å². The first kappa shape index (κ1) is 11.8. The van der Waals surface area contributed by atoms with E-state index in [0.29, 0.717) is 11.5 Å². The minimum absolute atomic E-state index is 0.0270. The van der Waals surface area contributed by atoms with Gasteiger partial charge in [0.15, 0.2) is 0 Å². The third kappa shape index (κ3) is 2.35. The molecule has 1 aliphatic carbocycles. The number of hydrogen-bond donors (Lipinski definition) is 2. The molecule has 1 saturated carbocycles. The first-order chi connectivity index (χ1) is 7.65. The molecule has 1 saturated heterocycles. The van der Waals surface area contributed by atoms with Crippen molar-refractivity contribution in [2.75, 3.05) is 26.2 Å². The third-order valence-electron chi connectivity index (χ3n) is 3.57. The van der Waals surface area contributed by atoms with E-state index in [1.165, 1.54) is 12.8 Å². The highest BCUT2D eigenvalue weighted by molar-refractivity contribution is 7.80. The van der Waals surface area contributed by atoms with E-state index in [9.17, 15) is 4.79 Å². The summed E-state index contributed by atoms with van der Waals surface area (Å²) in [4.78, 5) is 14.6. The van der Waals surface area contributed by atoms with Crippen molar-refractivity contribution in [3.63, 3.8) is 0 Å². The molecule has 0 aromatic heterocycles. The van der Waals surface area contributed by atoms with Crippen molar-refractivity contribution in [2.45, 2.75) is 25.7 Å². The second-order valence-electron chi connectivity index (χ2n) is 4.75. The normalized spacial score (nSPS) is 23.0. The van der Waals surface area contributed by atoms with E-state index in [1.54, 1.807) is 0 Å². The average molecular weight is 241 g/mol. The van der Waals surface area contributed by atoms with Gasteiger partial charge in [-0.05, 0) is 38.8 Å². The average Bonchev–Trinajstić information content (AvgIpc) is 2.92. The summed E-state index contributed by atoms with van der Waals surface area (Å²) in [5.74, 6) is 0.0270. The minimum atomic E-state index is -0.500. The molecule has 0 aromatic rings. The third-order valence-corrected chi connectivity index (χ3v) is 3.96. The maximum Gasteiger partial charge on any atom is 0.233 e. The molecule has 1 aliphatic heterocycles. The number of nitrogens with two attached hydrogens (primary N) is 1. The number of likely N-dealkylation sites (tertiary alicyclic amines) is 1. The quantitative estimate of drug-likeness (QED) is 0.678. The Balaban J connectivity index is 1.70. The maximum atomic E-state index is 11.8. The van der Waals surface area contributed by atoms with E-state index >= 15 is 0 Å². The van der Waals surface area contributed by atoms with Gasteiger partial charge in [-0.1, -0.05) is 12.2 Å². The van der Waals surface area contributed by atoms with Crippen molar-refractivity contribution in [2.24, 2.45) is 11.1 Å². The summed E-state index contributed by atoms with van der Waals surface area (Å²) in [6.07, 6.45) is 4.20. The largest absolute Gasteiger partial charge is 0.392 e. The highest BCUT2D eigenvalue weighted by Crippen LogP contribution is 2.46. The standard InChI is InChI=1S/C11H19N3OS/c12-9(16)11(3-4-11)10(15)13-5-8-14-6-1-2-7-14/h1-8H2,(H2,12,16)(H,13,15). The summed E-state index contributed by atoms with van der Waals surface area (Å²) in [5.41, 5.74) is 5.09. The van der Waals surface area contributed by atoms with Crippen LogP contribution in [0.2, 0.25) is 0 Å². The van der Waals surface area contributed by atoms with Gasteiger partial charge in [0.25, 0.3) is 0 Å². The molecule has 1 heterocycles. The summed E-state index contributed by atoms with van der Waals surface area (Å²) in [6.45, 7) is 3.98. The van der Waals surface area contributed by atoms with Gasteiger partial charge >= 0.3 is 0 Å². The lowest BCUT2D eigenvalue weighted by atomic mass is 10.1. The topological polar surface area (TPSA) is 58.4 Å². The van der Waals surface area contributed by atoms with Crippen LogP contribution in [0.5, 0.6) is 0 Å². The molecular weight excluding hydrogens is 222 g/mol. The summed E-state index contributed by atoms with van der Waals surface area (Å²) < 4.78 is 0. The Morgan fingerprint density at radius 3 is 2.50 bits per heavy atom. The lowest BCUT2D eigenvalue weighted by Gasteiger charge is -2.17. The molecule has 0 radical (unpaired) electrons. The lowest BCUT2D eigenvalue weighted by molar-refractivity contribution is -0.124. The van der Waals surface area contributed by atoms with Crippen LogP contribution in [-0.4, -0.2) is 42.0 Å². The molecule has 1 amide bonds. The predicted molar refractivity (Wildman–Crippen MR) is 67.1 cm³/mol. The number of nitrogens with one attached hydrogen (secondary N) is 1. The summed E-state index contributed by atoms with van der Waals surface area (Å²) in [7, 11) is 0. The van der Waals surface area contributed by atoms with Crippen LogP contribution >= 0.6 is 12.2 Å². The minimum Gasteiger partial charge on any atom is -0.392 e. The maximum absolute atomic E-state index is 11.8. The van der Waals surface area contributed by atoms with Crippen LogP contribution in [0, 0.1) is 5.41 Å². The van der Waals surface area contributed by atoms with Crippen LogP contribution in [0.1, 0.15) is 25.7 Å². The number of rotatable bonds is 5. The Morgan fingerprint density at radius 1 is 1.38 bits per heavy atom. The van der Waals surface area contributed by atoms with Gasteiger partial charge in [-0.2, -0.15) is 0 Å². The van der Waals surface area contributed by atoms with Crippen molar-refractivity contribution in [3.8, 4) is 0 Å². The van der Waals surface area contributed by atoms with Crippen LogP contribution in [0.25, 0.3) is 0 Å². The number of carbonyl (C=O) groups excluding carboxylic acids is 1. The van der Waals surface area contributed by atoms with Crippen molar-refractivity contribution in [1.29, 1.82) is 0 Å². The predicted octanol–water partition coefficient (Wildman–Crippen LogP) is 0.265. The molecular formula is C11H19N3OS. The van der Waals surface area contributed by atoms with Crippen LogP contribution in [0.15, 0.2) is 0 Å². The van der Waals surface area contributed by atoms with Gasteiger partial charge in [0.2, 0.25) is 5.91 Å². The lowest BCUT2D eigenvalue weighted by Crippen LogP contribution is -2.42. The summed E-state index contributed by atoms with van der Waals surface area (Å²) >= 11 is 4.93. The molecule has 0 unspecified atom stereocenters. The van der Waals surface area contributed by atoms with Crippen LogP contribution in [0.4, 0.5) is 0 Å². The number of carbonyl (C=O) groups is 1. The van der Waals surface area contributed by atoms with Crippen LogP contribution < -0.4 is 11.1 Å². The zero-order chi connectivity index (χ0) is 11.6. The molecule has 4 nitrogen and oxygen atoms in total. The van der Waals surface area contributed by atoms with Crippen molar-refractivity contribution in [1.82, 2.24) is 10.2 Å². The smallest absolute Gasteiger partial charge is 0.233 e. The number of hydrogen-bond acceptors (Lipinski definition) is 3. The Labute approximate surface area is 102 Å². The van der Waals surface area contributed by atoms with Gasteiger partial charge in [0.05, 0.1) is 10.4 Å². The molecule has 0 bridgehead atoms.